The van der Waals surface area contributed by atoms with Crippen LogP contribution in [-0.2, 0) is 16.4 Å². The summed E-state index contributed by atoms with van der Waals surface area (Å²) in [6.45, 7) is 5.86. The molecule has 0 fully saturated rings. The van der Waals surface area contributed by atoms with Crippen LogP contribution < -0.4 is 4.31 Å². The predicted molar refractivity (Wildman–Crippen MR) is 142 cm³/mol. The molecule has 4 aromatic rings. The van der Waals surface area contributed by atoms with Crippen molar-refractivity contribution in [2.24, 2.45) is 0 Å². The van der Waals surface area contributed by atoms with Gasteiger partial charge in [0.25, 0.3) is 10.0 Å². The van der Waals surface area contributed by atoms with Crippen molar-refractivity contribution in [3.8, 4) is 28.0 Å². The summed E-state index contributed by atoms with van der Waals surface area (Å²) < 4.78 is 29.7. The summed E-state index contributed by atoms with van der Waals surface area (Å²) in [5.41, 5.74) is 7.61. The van der Waals surface area contributed by atoms with E-state index in [1.54, 1.807) is 17.3 Å². The quantitative estimate of drug-likeness (QED) is 0.325. The van der Waals surface area contributed by atoms with Gasteiger partial charge in [-0.1, -0.05) is 68.4 Å². The Morgan fingerprint density at radius 3 is 2.23 bits per heavy atom. The Bertz CT molecular complexity index is 1510. The molecular formula is C30H29NO3S. The molecule has 4 nitrogen and oxygen atoms in total. The number of fused-ring (bicyclic) bond motifs is 3. The van der Waals surface area contributed by atoms with Crippen LogP contribution in [0.15, 0.2) is 89.8 Å². The Morgan fingerprint density at radius 2 is 1.54 bits per heavy atom. The fourth-order valence-electron chi connectivity index (χ4n) is 4.97. The van der Waals surface area contributed by atoms with Crippen LogP contribution in [0.2, 0.25) is 0 Å². The number of sulfonamides is 1. The fourth-order valence-corrected chi connectivity index (χ4v) is 6.78. The van der Waals surface area contributed by atoms with Crippen molar-refractivity contribution < 1.29 is 13.5 Å². The van der Waals surface area contributed by atoms with E-state index < -0.39 is 10.0 Å². The highest BCUT2D eigenvalue weighted by molar-refractivity contribution is 7.92. The Kier molecular flexibility index (Phi) is 5.89. The molecular weight excluding hydrogens is 454 g/mol. The molecule has 1 aliphatic rings. The fraction of sp³-hybridized carbons (Fsp3) is 0.200. The molecule has 5 rings (SSSR count). The monoisotopic (exact) mass is 483 g/mol. The molecule has 0 aliphatic carbocycles. The molecule has 0 saturated carbocycles. The second-order valence-electron chi connectivity index (χ2n) is 9.04. The van der Waals surface area contributed by atoms with Crippen molar-refractivity contribution >= 4 is 15.7 Å². The number of nitrogens with zero attached hydrogens (tertiary/aromatic N) is 1. The van der Waals surface area contributed by atoms with E-state index in [4.69, 9.17) is 0 Å². The molecule has 1 N–H and O–H groups in total. The van der Waals surface area contributed by atoms with Crippen molar-refractivity contribution in [2.45, 2.75) is 44.6 Å². The first-order chi connectivity index (χ1) is 16.8. The van der Waals surface area contributed by atoms with Gasteiger partial charge < -0.3 is 5.11 Å². The molecule has 0 spiro atoms. The van der Waals surface area contributed by atoms with E-state index in [0.29, 0.717) is 17.7 Å². The lowest BCUT2D eigenvalue weighted by Crippen LogP contribution is -2.37. The number of phenolic OH excluding ortho intramolecular Hbond substituents is 1. The van der Waals surface area contributed by atoms with Crippen LogP contribution in [0, 0.1) is 6.92 Å². The molecule has 4 aromatic carbocycles. The lowest BCUT2D eigenvalue weighted by Gasteiger charge is -2.39. The number of benzene rings is 4. The Balaban J connectivity index is 1.72. The summed E-state index contributed by atoms with van der Waals surface area (Å²) in [5.74, 6) is 0.0825. The summed E-state index contributed by atoms with van der Waals surface area (Å²) in [6.07, 6.45) is 1.62. The van der Waals surface area contributed by atoms with Gasteiger partial charge in [0, 0.05) is 5.56 Å². The van der Waals surface area contributed by atoms with Gasteiger partial charge in [-0.15, -0.1) is 0 Å². The molecule has 0 radical (unpaired) electrons. The van der Waals surface area contributed by atoms with Gasteiger partial charge in [-0.2, -0.15) is 0 Å². The highest BCUT2D eigenvalue weighted by atomic mass is 32.2. The third kappa shape index (κ3) is 3.90. The second-order valence-corrected chi connectivity index (χ2v) is 10.9. The maximum Gasteiger partial charge on any atom is 0.264 e. The van der Waals surface area contributed by atoms with Crippen molar-refractivity contribution in [3.05, 3.63) is 102 Å². The second kappa shape index (κ2) is 8.90. The normalized spacial score (nSPS) is 14.9. The van der Waals surface area contributed by atoms with Crippen molar-refractivity contribution in [1.29, 1.82) is 0 Å². The van der Waals surface area contributed by atoms with Crippen LogP contribution in [0.1, 0.15) is 43.0 Å². The average Bonchev–Trinajstić information content (AvgIpc) is 2.89. The molecule has 0 bridgehead atoms. The highest BCUT2D eigenvalue weighted by Crippen LogP contribution is 2.49. The maximum absolute atomic E-state index is 14.1. The molecule has 1 atom stereocenters. The first-order valence-corrected chi connectivity index (χ1v) is 13.5. The third-order valence-corrected chi connectivity index (χ3v) is 8.75. The van der Waals surface area contributed by atoms with Gasteiger partial charge in [0.2, 0.25) is 0 Å². The minimum absolute atomic E-state index is 0.0825. The summed E-state index contributed by atoms with van der Waals surface area (Å²) in [7, 11) is -3.88. The first kappa shape index (κ1) is 23.2. The van der Waals surface area contributed by atoms with Crippen molar-refractivity contribution in [3.63, 3.8) is 0 Å². The van der Waals surface area contributed by atoms with E-state index in [0.717, 1.165) is 34.2 Å². The predicted octanol–water partition coefficient (Wildman–Crippen LogP) is 7.26. The summed E-state index contributed by atoms with van der Waals surface area (Å²) in [5, 5.41) is 9.97. The molecule has 1 heterocycles. The number of anilines is 1. The summed E-state index contributed by atoms with van der Waals surface area (Å²) >= 11 is 0. The van der Waals surface area contributed by atoms with Gasteiger partial charge in [-0.05, 0) is 83.5 Å². The Hall–Kier alpha value is -3.57. The number of aromatic hydroxyl groups is 1. The van der Waals surface area contributed by atoms with Crippen LogP contribution in [0.5, 0.6) is 5.75 Å². The number of hydrogen-bond acceptors (Lipinski definition) is 3. The number of rotatable bonds is 5. The third-order valence-electron chi connectivity index (χ3n) is 6.93. The van der Waals surface area contributed by atoms with E-state index >= 15 is 0 Å². The van der Waals surface area contributed by atoms with Crippen molar-refractivity contribution in [1.82, 2.24) is 0 Å². The molecule has 178 valence electrons. The van der Waals surface area contributed by atoms with Gasteiger partial charge in [0.05, 0.1) is 16.6 Å². The summed E-state index contributed by atoms with van der Waals surface area (Å²) in [4.78, 5) is 0.177. The zero-order valence-corrected chi connectivity index (χ0v) is 21.0. The van der Waals surface area contributed by atoms with E-state index in [9.17, 15) is 13.5 Å². The van der Waals surface area contributed by atoms with Gasteiger partial charge in [-0.25, -0.2) is 8.42 Å². The van der Waals surface area contributed by atoms with E-state index in [-0.39, 0.29) is 16.7 Å². The number of hydrogen-bond donors (Lipinski definition) is 1. The minimum atomic E-state index is -3.88. The summed E-state index contributed by atoms with van der Waals surface area (Å²) in [6, 6.07) is 26.8. The van der Waals surface area contributed by atoms with Crippen LogP contribution in [0.3, 0.4) is 0 Å². The standard InChI is InChI=1S/C30H29NO3S/c1-4-21-10-12-22(13-11-21)23-14-16-29-27(19-23)25-8-6-7-9-26(25)28(5-2)31(29)35(33,34)24-15-17-30(32)20(3)18-24/h6-19,28,32H,4-5H2,1-3H3. The van der Waals surface area contributed by atoms with E-state index in [1.807, 2.05) is 37.3 Å². The van der Waals surface area contributed by atoms with E-state index in [1.165, 1.54) is 17.7 Å². The molecule has 1 aliphatic heterocycles. The highest BCUT2D eigenvalue weighted by Gasteiger charge is 2.38. The number of aryl methyl sites for hydroxylation is 2. The Morgan fingerprint density at radius 1 is 0.829 bits per heavy atom. The van der Waals surface area contributed by atoms with E-state index in [2.05, 4.69) is 43.3 Å². The van der Waals surface area contributed by atoms with Gasteiger partial charge in [0.15, 0.2) is 0 Å². The van der Waals surface area contributed by atoms with Gasteiger partial charge >= 0.3 is 0 Å². The van der Waals surface area contributed by atoms with Gasteiger partial charge in [0.1, 0.15) is 5.75 Å². The SMILES string of the molecule is CCc1ccc(-c2ccc3c(c2)-c2ccccc2C(CC)N3S(=O)(=O)c2ccc(O)c(C)c2)cc1. The lowest BCUT2D eigenvalue weighted by molar-refractivity contribution is 0.470. The lowest BCUT2D eigenvalue weighted by atomic mass is 9.87. The molecule has 1 unspecified atom stereocenters. The smallest absolute Gasteiger partial charge is 0.264 e. The molecule has 0 saturated heterocycles. The molecule has 35 heavy (non-hydrogen) atoms. The zero-order valence-electron chi connectivity index (χ0n) is 20.2. The topological polar surface area (TPSA) is 57.6 Å². The van der Waals surface area contributed by atoms with Crippen molar-refractivity contribution in [2.75, 3.05) is 4.31 Å². The van der Waals surface area contributed by atoms with Crippen LogP contribution in [-0.4, -0.2) is 13.5 Å². The largest absolute Gasteiger partial charge is 0.508 e. The molecule has 0 aromatic heterocycles. The maximum atomic E-state index is 14.1. The van der Waals surface area contributed by atoms with Crippen LogP contribution >= 0.6 is 0 Å². The van der Waals surface area contributed by atoms with Gasteiger partial charge in [-0.3, -0.25) is 4.31 Å². The average molecular weight is 484 g/mol. The minimum Gasteiger partial charge on any atom is -0.508 e. The first-order valence-electron chi connectivity index (χ1n) is 12.0. The molecule has 0 amide bonds. The molecule has 5 heteroatoms. The van der Waals surface area contributed by atoms with Crippen LogP contribution in [0.25, 0.3) is 22.3 Å². The number of phenols is 1. The van der Waals surface area contributed by atoms with Crippen LogP contribution in [0.4, 0.5) is 5.69 Å². The Labute approximate surface area is 207 Å². The zero-order chi connectivity index (χ0) is 24.7.